The second kappa shape index (κ2) is 8.39. The van der Waals surface area contributed by atoms with E-state index >= 15 is 0 Å². The van der Waals surface area contributed by atoms with Gasteiger partial charge in [-0.1, -0.05) is 33.8 Å². The number of nitrogens with two attached hydrogens (primary N) is 1. The molecule has 4 N–H and O–H groups in total. The molecule has 1 aromatic rings. The average molecular weight is 336 g/mol. The molecular weight excluding hydrogens is 312 g/mol. The number of nitro benzene ring substituents is 1. The van der Waals surface area contributed by atoms with E-state index in [1.54, 1.807) is 19.9 Å². The zero-order valence-corrected chi connectivity index (χ0v) is 14.3. The van der Waals surface area contributed by atoms with Crippen molar-refractivity contribution in [3.8, 4) is 0 Å². The number of carbonyl (C=O) groups is 2. The highest BCUT2D eigenvalue weighted by Gasteiger charge is 2.27. The quantitative estimate of drug-likeness (QED) is 0.515. The lowest BCUT2D eigenvalue weighted by atomic mass is 10.0. The standard InChI is InChI=1S/C16H24N4O4/c1-9(2)13(17)15(21)19-14(10(3)4)16(22)18-11-6-5-7-12(8-11)20(23)24/h5-10,13-14H,17H2,1-4H3,(H,18,22)(H,19,21)/t13-,14-/m0/s1. The minimum Gasteiger partial charge on any atom is -0.343 e. The fraction of sp³-hybridized carbons (Fsp3) is 0.500. The van der Waals surface area contributed by atoms with Crippen LogP contribution < -0.4 is 16.4 Å². The fourth-order valence-electron chi connectivity index (χ4n) is 2.00. The van der Waals surface area contributed by atoms with Crippen molar-refractivity contribution in [1.82, 2.24) is 5.32 Å². The van der Waals surface area contributed by atoms with Crippen molar-refractivity contribution in [1.29, 1.82) is 0 Å². The lowest BCUT2D eigenvalue weighted by Gasteiger charge is -2.24. The van der Waals surface area contributed by atoms with E-state index in [4.69, 9.17) is 5.73 Å². The topological polar surface area (TPSA) is 127 Å². The lowest BCUT2D eigenvalue weighted by Crippen LogP contribution is -2.53. The van der Waals surface area contributed by atoms with Gasteiger partial charge in [0.15, 0.2) is 0 Å². The van der Waals surface area contributed by atoms with Gasteiger partial charge in [-0.25, -0.2) is 0 Å². The molecule has 0 aromatic heterocycles. The number of rotatable bonds is 7. The van der Waals surface area contributed by atoms with Gasteiger partial charge in [0.25, 0.3) is 5.69 Å². The van der Waals surface area contributed by atoms with Crippen molar-refractivity contribution < 1.29 is 14.5 Å². The van der Waals surface area contributed by atoms with Crippen LogP contribution in [0.2, 0.25) is 0 Å². The maximum Gasteiger partial charge on any atom is 0.271 e. The second-order valence-corrected chi connectivity index (χ2v) is 6.30. The molecule has 0 aliphatic heterocycles. The van der Waals surface area contributed by atoms with E-state index in [1.807, 2.05) is 13.8 Å². The molecule has 2 amide bonds. The molecular formula is C16H24N4O4. The molecule has 0 saturated heterocycles. The molecule has 0 radical (unpaired) electrons. The number of nitrogens with zero attached hydrogens (tertiary/aromatic N) is 1. The van der Waals surface area contributed by atoms with Crippen molar-refractivity contribution in [2.75, 3.05) is 5.32 Å². The third kappa shape index (κ3) is 5.31. The van der Waals surface area contributed by atoms with Crippen LogP contribution in [0.25, 0.3) is 0 Å². The fourth-order valence-corrected chi connectivity index (χ4v) is 2.00. The Labute approximate surface area is 140 Å². The number of carbonyl (C=O) groups excluding carboxylic acids is 2. The highest BCUT2D eigenvalue weighted by Crippen LogP contribution is 2.18. The predicted octanol–water partition coefficient (Wildman–Crippen LogP) is 1.66. The number of hydrogen-bond acceptors (Lipinski definition) is 5. The molecule has 8 heteroatoms. The molecule has 0 fully saturated rings. The summed E-state index contributed by atoms with van der Waals surface area (Å²) in [7, 11) is 0. The lowest BCUT2D eigenvalue weighted by molar-refractivity contribution is -0.384. The molecule has 0 unspecified atom stereocenters. The number of non-ortho nitro benzene ring substituents is 1. The van der Waals surface area contributed by atoms with Crippen molar-refractivity contribution >= 4 is 23.2 Å². The van der Waals surface area contributed by atoms with E-state index in [0.29, 0.717) is 5.69 Å². The zero-order chi connectivity index (χ0) is 18.4. The number of benzene rings is 1. The van der Waals surface area contributed by atoms with Gasteiger partial charge in [0, 0.05) is 17.8 Å². The maximum atomic E-state index is 12.4. The van der Waals surface area contributed by atoms with Gasteiger partial charge >= 0.3 is 0 Å². The van der Waals surface area contributed by atoms with Gasteiger partial charge in [0.1, 0.15) is 6.04 Å². The molecule has 132 valence electrons. The normalized spacial score (nSPS) is 13.5. The Balaban J connectivity index is 2.86. The Kier molecular flexibility index (Phi) is 6.84. The van der Waals surface area contributed by atoms with Crippen LogP contribution in [-0.2, 0) is 9.59 Å². The molecule has 0 heterocycles. The molecule has 24 heavy (non-hydrogen) atoms. The van der Waals surface area contributed by atoms with Crippen LogP contribution in [-0.4, -0.2) is 28.8 Å². The first-order chi connectivity index (χ1) is 11.1. The number of nitro groups is 1. The van der Waals surface area contributed by atoms with Crippen LogP contribution >= 0.6 is 0 Å². The van der Waals surface area contributed by atoms with E-state index in [1.165, 1.54) is 18.2 Å². The second-order valence-electron chi connectivity index (χ2n) is 6.30. The summed E-state index contributed by atoms with van der Waals surface area (Å²) in [5, 5.41) is 16.0. The zero-order valence-electron chi connectivity index (χ0n) is 14.3. The third-order valence-electron chi connectivity index (χ3n) is 3.59. The molecule has 1 rings (SSSR count). The Hall–Kier alpha value is -2.48. The highest BCUT2D eigenvalue weighted by molar-refractivity contribution is 5.98. The van der Waals surface area contributed by atoms with Gasteiger partial charge in [-0.05, 0) is 17.9 Å². The van der Waals surface area contributed by atoms with Crippen molar-refractivity contribution in [2.45, 2.75) is 39.8 Å². The molecule has 1 aromatic carbocycles. The van der Waals surface area contributed by atoms with Gasteiger partial charge in [-0.15, -0.1) is 0 Å². The van der Waals surface area contributed by atoms with Crippen molar-refractivity contribution in [3.05, 3.63) is 34.4 Å². The highest BCUT2D eigenvalue weighted by atomic mass is 16.6. The summed E-state index contributed by atoms with van der Waals surface area (Å²) in [6.07, 6.45) is 0. The number of hydrogen-bond donors (Lipinski definition) is 3. The Bertz CT molecular complexity index is 616. The first kappa shape index (κ1) is 19.6. The first-order valence-electron chi connectivity index (χ1n) is 7.74. The SMILES string of the molecule is CC(C)[C@H](N)C(=O)N[C@H](C(=O)Nc1cccc([N+](=O)[O-])c1)C(C)C. The molecule has 0 bridgehead atoms. The molecule has 2 atom stereocenters. The number of anilines is 1. The summed E-state index contributed by atoms with van der Waals surface area (Å²) < 4.78 is 0. The van der Waals surface area contributed by atoms with Crippen molar-refractivity contribution in [3.63, 3.8) is 0 Å². The Morgan fingerprint density at radius 1 is 1.12 bits per heavy atom. The molecule has 0 spiro atoms. The van der Waals surface area contributed by atoms with Crippen LogP contribution in [0.1, 0.15) is 27.7 Å². The Morgan fingerprint density at radius 2 is 1.75 bits per heavy atom. The van der Waals surface area contributed by atoms with Gasteiger partial charge in [-0.3, -0.25) is 19.7 Å². The number of amides is 2. The van der Waals surface area contributed by atoms with Crippen LogP contribution in [0.4, 0.5) is 11.4 Å². The molecule has 0 aliphatic rings. The minimum atomic E-state index is -0.790. The summed E-state index contributed by atoms with van der Waals surface area (Å²) in [6.45, 7) is 7.22. The van der Waals surface area contributed by atoms with E-state index in [0.717, 1.165) is 0 Å². The first-order valence-corrected chi connectivity index (χ1v) is 7.74. The summed E-state index contributed by atoms with van der Waals surface area (Å²) in [5.74, 6) is -1.09. The van der Waals surface area contributed by atoms with E-state index in [2.05, 4.69) is 10.6 Å². The van der Waals surface area contributed by atoms with Gasteiger partial charge in [0.2, 0.25) is 11.8 Å². The van der Waals surface area contributed by atoms with Gasteiger partial charge in [0.05, 0.1) is 11.0 Å². The van der Waals surface area contributed by atoms with Crippen LogP contribution in [0.15, 0.2) is 24.3 Å². The van der Waals surface area contributed by atoms with Crippen LogP contribution in [0, 0.1) is 22.0 Å². The summed E-state index contributed by atoms with van der Waals surface area (Å²) in [4.78, 5) is 34.8. The predicted molar refractivity (Wildman–Crippen MR) is 91.3 cm³/mol. The molecule has 0 aliphatic carbocycles. The minimum absolute atomic E-state index is 0.0577. The average Bonchev–Trinajstić information content (AvgIpc) is 2.51. The molecule has 0 saturated carbocycles. The summed E-state index contributed by atoms with van der Waals surface area (Å²) in [5.41, 5.74) is 5.96. The molecule has 8 nitrogen and oxygen atoms in total. The van der Waals surface area contributed by atoms with E-state index < -0.39 is 28.8 Å². The van der Waals surface area contributed by atoms with E-state index in [9.17, 15) is 19.7 Å². The summed E-state index contributed by atoms with van der Waals surface area (Å²) >= 11 is 0. The van der Waals surface area contributed by atoms with Gasteiger partial charge in [-0.2, -0.15) is 0 Å². The number of nitrogens with one attached hydrogen (secondary N) is 2. The monoisotopic (exact) mass is 336 g/mol. The summed E-state index contributed by atoms with van der Waals surface area (Å²) in [6, 6.07) is 4.11. The third-order valence-corrected chi connectivity index (χ3v) is 3.59. The Morgan fingerprint density at radius 3 is 2.25 bits per heavy atom. The van der Waals surface area contributed by atoms with Crippen LogP contribution in [0.3, 0.4) is 0 Å². The van der Waals surface area contributed by atoms with E-state index in [-0.39, 0.29) is 17.5 Å². The van der Waals surface area contributed by atoms with Crippen molar-refractivity contribution in [2.24, 2.45) is 17.6 Å². The van der Waals surface area contributed by atoms with Crippen LogP contribution in [0.5, 0.6) is 0 Å². The smallest absolute Gasteiger partial charge is 0.271 e. The van der Waals surface area contributed by atoms with Gasteiger partial charge < -0.3 is 16.4 Å². The largest absolute Gasteiger partial charge is 0.343 e. The maximum absolute atomic E-state index is 12.4.